The molecule has 2 aromatic carbocycles. The Kier molecular flexibility index (Phi) is 5.15. The Labute approximate surface area is 190 Å². The van der Waals surface area contributed by atoms with Gasteiger partial charge in [-0.05, 0) is 60.9 Å². The van der Waals surface area contributed by atoms with Crippen molar-refractivity contribution in [2.45, 2.75) is 25.2 Å². The number of rotatable bonds is 5. The van der Waals surface area contributed by atoms with E-state index in [4.69, 9.17) is 0 Å². The Morgan fingerprint density at radius 3 is 2.66 bits per heavy atom. The smallest absolute Gasteiger partial charge is 0.211 e. The molecule has 32 heavy (non-hydrogen) atoms. The van der Waals surface area contributed by atoms with Crippen molar-refractivity contribution in [1.82, 2.24) is 19.1 Å². The number of sulfonamides is 1. The highest BCUT2D eigenvalue weighted by Crippen LogP contribution is 2.42. The lowest BCUT2D eigenvalue weighted by Gasteiger charge is -2.31. The third kappa shape index (κ3) is 3.74. The van der Waals surface area contributed by atoms with Gasteiger partial charge >= 0.3 is 0 Å². The monoisotopic (exact) mass is 470 g/mol. The van der Waals surface area contributed by atoms with Gasteiger partial charge in [0, 0.05) is 41.9 Å². The summed E-state index contributed by atoms with van der Waals surface area (Å²) in [6.45, 7) is 2.99. The lowest BCUT2D eigenvalue weighted by molar-refractivity contribution is 0.415. The van der Waals surface area contributed by atoms with Crippen LogP contribution < -0.4 is 0 Å². The molecular weight excluding hydrogens is 447 g/mol. The van der Waals surface area contributed by atoms with Crippen LogP contribution in [0.5, 0.6) is 0 Å². The number of aryl methyl sites for hydroxylation is 1. The van der Waals surface area contributed by atoms with Crippen LogP contribution in [-0.4, -0.2) is 46.8 Å². The molecule has 0 aliphatic carbocycles. The molecule has 1 unspecified atom stereocenters. The number of halogens is 1. The average Bonchev–Trinajstić information content (AvgIpc) is 3.48. The van der Waals surface area contributed by atoms with E-state index in [1.807, 2.05) is 11.6 Å². The largest absolute Gasteiger partial charge is 0.250 e. The molecule has 0 spiro atoms. The van der Waals surface area contributed by atoms with Gasteiger partial charge in [-0.1, -0.05) is 0 Å². The molecule has 9 heteroatoms. The minimum atomic E-state index is -3.28. The molecule has 6 nitrogen and oxygen atoms in total. The van der Waals surface area contributed by atoms with Crippen LogP contribution in [0.2, 0.25) is 0 Å². The highest BCUT2D eigenvalue weighted by Gasteiger charge is 2.44. The molecule has 0 amide bonds. The van der Waals surface area contributed by atoms with E-state index in [1.54, 1.807) is 38.7 Å². The van der Waals surface area contributed by atoms with Crippen molar-refractivity contribution >= 4 is 32.3 Å². The summed E-state index contributed by atoms with van der Waals surface area (Å²) < 4.78 is 41.4. The zero-order valence-electron chi connectivity index (χ0n) is 17.8. The number of thiazole rings is 1. The molecule has 166 valence electrons. The molecule has 1 atom stereocenters. The van der Waals surface area contributed by atoms with Crippen LogP contribution in [0.1, 0.15) is 22.6 Å². The Balaban J connectivity index is 1.62. The molecule has 1 saturated heterocycles. The normalized spacial score (nSPS) is 19.7. The molecule has 1 aliphatic heterocycles. The van der Waals surface area contributed by atoms with E-state index >= 15 is 0 Å². The zero-order valence-corrected chi connectivity index (χ0v) is 19.5. The van der Waals surface area contributed by atoms with Crippen molar-refractivity contribution in [3.63, 3.8) is 0 Å². The van der Waals surface area contributed by atoms with Gasteiger partial charge in [-0.2, -0.15) is 5.10 Å². The summed E-state index contributed by atoms with van der Waals surface area (Å²) in [6, 6.07) is 10.5. The van der Waals surface area contributed by atoms with Crippen LogP contribution in [0.3, 0.4) is 0 Å². The highest BCUT2D eigenvalue weighted by atomic mass is 32.2. The number of benzene rings is 2. The summed E-state index contributed by atoms with van der Waals surface area (Å²) in [5.74, 6) is -0.288. The molecule has 0 N–H and O–H groups in total. The fourth-order valence-electron chi connectivity index (χ4n) is 4.74. The van der Waals surface area contributed by atoms with E-state index in [0.29, 0.717) is 19.5 Å². The van der Waals surface area contributed by atoms with Crippen LogP contribution in [0, 0.1) is 12.7 Å². The fraction of sp³-hybridized carbons (Fsp3) is 0.304. The van der Waals surface area contributed by atoms with Crippen LogP contribution in [0.15, 0.2) is 54.2 Å². The van der Waals surface area contributed by atoms with E-state index < -0.39 is 10.0 Å². The molecule has 1 fully saturated rings. The average molecular weight is 471 g/mol. The zero-order chi connectivity index (χ0) is 22.5. The SMILES string of the molecule is Cc1cc2c(cnn2-c2ccc(F)cc2)cc1C1(Cc2nccs2)CCN(S(C)(=O)=O)C1. The Bertz CT molecular complexity index is 1380. The Morgan fingerprint density at radius 1 is 1.22 bits per heavy atom. The molecule has 1 aliphatic rings. The van der Waals surface area contributed by atoms with Gasteiger partial charge in [0.15, 0.2) is 0 Å². The van der Waals surface area contributed by atoms with E-state index in [-0.39, 0.29) is 11.2 Å². The Morgan fingerprint density at radius 2 is 2.00 bits per heavy atom. The van der Waals surface area contributed by atoms with E-state index in [2.05, 4.69) is 29.1 Å². The molecule has 4 aromatic rings. The van der Waals surface area contributed by atoms with Gasteiger partial charge < -0.3 is 0 Å². The number of hydrogen-bond donors (Lipinski definition) is 0. The van der Waals surface area contributed by atoms with Crippen LogP contribution in [0.25, 0.3) is 16.6 Å². The fourth-order valence-corrected chi connectivity index (χ4v) is 6.41. The predicted molar refractivity (Wildman–Crippen MR) is 124 cm³/mol. The number of fused-ring (bicyclic) bond motifs is 1. The van der Waals surface area contributed by atoms with Gasteiger partial charge in [-0.3, -0.25) is 0 Å². The Hall–Kier alpha value is -2.62. The highest BCUT2D eigenvalue weighted by molar-refractivity contribution is 7.88. The maximum atomic E-state index is 13.4. The summed E-state index contributed by atoms with van der Waals surface area (Å²) in [5, 5.41) is 8.45. The summed E-state index contributed by atoms with van der Waals surface area (Å²) in [6.07, 6.45) is 6.30. The van der Waals surface area contributed by atoms with E-state index in [0.717, 1.165) is 39.1 Å². The molecule has 0 saturated carbocycles. The van der Waals surface area contributed by atoms with Crippen molar-refractivity contribution < 1.29 is 12.8 Å². The second kappa shape index (κ2) is 7.75. The van der Waals surface area contributed by atoms with Gasteiger partial charge in [-0.25, -0.2) is 26.8 Å². The lowest BCUT2D eigenvalue weighted by Crippen LogP contribution is -2.36. The number of nitrogens with zero attached hydrogens (tertiary/aromatic N) is 4. The summed E-state index contributed by atoms with van der Waals surface area (Å²) in [4.78, 5) is 4.48. The van der Waals surface area contributed by atoms with Crippen LogP contribution in [-0.2, 0) is 21.9 Å². The van der Waals surface area contributed by atoms with Gasteiger partial charge in [-0.15, -0.1) is 11.3 Å². The van der Waals surface area contributed by atoms with E-state index in [1.165, 1.54) is 18.4 Å². The second-order valence-corrected chi connectivity index (χ2v) is 11.4. The van der Waals surface area contributed by atoms with E-state index in [9.17, 15) is 12.8 Å². The maximum absolute atomic E-state index is 13.4. The van der Waals surface area contributed by atoms with Gasteiger partial charge in [0.25, 0.3) is 0 Å². The molecule has 0 radical (unpaired) electrons. The molecule has 0 bridgehead atoms. The molecule has 2 aromatic heterocycles. The van der Waals surface area contributed by atoms with Crippen molar-refractivity contribution in [3.8, 4) is 5.69 Å². The van der Waals surface area contributed by atoms with Crippen LogP contribution >= 0.6 is 11.3 Å². The maximum Gasteiger partial charge on any atom is 0.211 e. The first kappa shape index (κ1) is 21.2. The first-order valence-electron chi connectivity index (χ1n) is 10.3. The van der Waals surface area contributed by atoms with Crippen molar-refractivity contribution in [2.24, 2.45) is 0 Å². The van der Waals surface area contributed by atoms with Crippen molar-refractivity contribution in [2.75, 3.05) is 19.3 Å². The minimum Gasteiger partial charge on any atom is -0.250 e. The topological polar surface area (TPSA) is 68.1 Å². The summed E-state index contributed by atoms with van der Waals surface area (Å²) >= 11 is 1.60. The third-order valence-corrected chi connectivity index (χ3v) is 8.35. The number of hydrogen-bond acceptors (Lipinski definition) is 5. The van der Waals surface area contributed by atoms with Crippen molar-refractivity contribution in [1.29, 1.82) is 0 Å². The van der Waals surface area contributed by atoms with Gasteiger partial charge in [0.05, 0.1) is 28.7 Å². The second-order valence-electron chi connectivity index (χ2n) is 8.49. The minimum absolute atomic E-state index is 0.288. The molecule has 3 heterocycles. The predicted octanol–water partition coefficient (Wildman–Crippen LogP) is 4.08. The summed E-state index contributed by atoms with van der Waals surface area (Å²) in [7, 11) is -3.28. The molecular formula is C23H23FN4O2S2. The van der Waals surface area contributed by atoms with Gasteiger partial charge in [0.2, 0.25) is 10.0 Å². The lowest BCUT2D eigenvalue weighted by atomic mass is 9.75. The third-order valence-electron chi connectivity index (χ3n) is 6.32. The van der Waals surface area contributed by atoms with Gasteiger partial charge in [0.1, 0.15) is 5.82 Å². The first-order chi connectivity index (χ1) is 15.2. The molecule has 5 rings (SSSR count). The quantitative estimate of drug-likeness (QED) is 0.441. The summed E-state index contributed by atoms with van der Waals surface area (Å²) in [5.41, 5.74) is 3.57. The standard InChI is InChI=1S/C23H23FN4O2S2/c1-16-11-21-17(14-26-28(21)19-5-3-18(24)4-6-19)12-20(16)23(13-22-25-8-10-31-22)7-9-27(15-23)32(2,29)30/h3-6,8,10-12,14H,7,9,13,15H2,1-2H3. The van der Waals surface area contributed by atoms with Crippen molar-refractivity contribution in [3.05, 3.63) is 76.1 Å². The first-order valence-corrected chi connectivity index (χ1v) is 13.1. The number of aromatic nitrogens is 3. The van der Waals surface area contributed by atoms with Crippen LogP contribution in [0.4, 0.5) is 4.39 Å².